The zero-order valence-electron chi connectivity index (χ0n) is 10.0. The fraction of sp³-hybridized carbons (Fsp3) is 0.333. The van der Waals surface area contributed by atoms with E-state index in [2.05, 4.69) is 9.73 Å². The number of aromatic hydroxyl groups is 1. The molecule has 1 aromatic carbocycles. The van der Waals surface area contributed by atoms with Crippen LogP contribution in [-0.4, -0.2) is 37.4 Å². The number of carbonyl (C=O) groups excluding carboxylic acids is 2. The largest absolute Gasteiger partial charge is 0.508 e. The van der Waals surface area contributed by atoms with Crippen LogP contribution in [0.4, 0.5) is 0 Å². The molecule has 0 amide bonds. The van der Waals surface area contributed by atoms with E-state index in [1.165, 1.54) is 26.4 Å². The van der Waals surface area contributed by atoms with Crippen molar-refractivity contribution in [1.29, 1.82) is 0 Å². The number of aliphatic imine (C=N–C) groups is 1. The molecule has 18 heavy (non-hydrogen) atoms. The Morgan fingerprint density at radius 2 is 2.22 bits per heavy atom. The average Bonchev–Trinajstić information content (AvgIpc) is 2.39. The number of nitrogens with zero attached hydrogens (tertiary/aromatic N) is 1. The van der Waals surface area contributed by atoms with Gasteiger partial charge in [-0.15, -0.1) is 0 Å². The van der Waals surface area contributed by atoms with Crippen LogP contribution in [-0.2, 0) is 20.7 Å². The summed E-state index contributed by atoms with van der Waals surface area (Å²) >= 11 is 0. The molecule has 0 spiro atoms. The molecule has 6 nitrogen and oxygen atoms in total. The molecule has 0 bridgehead atoms. The van der Waals surface area contributed by atoms with Crippen molar-refractivity contribution >= 4 is 12.0 Å². The third-order valence-corrected chi connectivity index (χ3v) is 2.39. The molecule has 0 radical (unpaired) electrons. The molecule has 0 aromatic heterocycles. The summed E-state index contributed by atoms with van der Waals surface area (Å²) in [5.41, 5.74) is 0.463. The first-order valence-corrected chi connectivity index (χ1v) is 5.13. The molecule has 6 heteroatoms. The van der Waals surface area contributed by atoms with Crippen molar-refractivity contribution < 1.29 is 24.2 Å². The number of phenolic OH excluding ortho intramolecular Hbond substituents is 1. The van der Waals surface area contributed by atoms with E-state index >= 15 is 0 Å². The first kappa shape index (κ1) is 13.7. The van der Waals surface area contributed by atoms with Crippen LogP contribution < -0.4 is 4.74 Å². The van der Waals surface area contributed by atoms with Crippen LogP contribution in [0.15, 0.2) is 23.2 Å². The van der Waals surface area contributed by atoms with Crippen LogP contribution in [0, 0.1) is 0 Å². The quantitative estimate of drug-likeness (QED) is 0.475. The predicted octanol–water partition coefficient (Wildman–Crippen LogP) is 0.821. The fourth-order valence-corrected chi connectivity index (χ4v) is 1.43. The van der Waals surface area contributed by atoms with Crippen molar-refractivity contribution in [3.8, 4) is 11.5 Å². The van der Waals surface area contributed by atoms with Gasteiger partial charge < -0.3 is 14.6 Å². The Labute approximate surface area is 104 Å². The Balaban J connectivity index is 2.93. The van der Waals surface area contributed by atoms with Crippen molar-refractivity contribution in [3.05, 3.63) is 23.8 Å². The van der Waals surface area contributed by atoms with E-state index in [4.69, 9.17) is 4.74 Å². The molecular formula is C12H13NO5. The minimum atomic E-state index is -1.01. The highest BCUT2D eigenvalue weighted by atomic mass is 16.5. The highest BCUT2D eigenvalue weighted by Gasteiger charge is 2.20. The molecule has 0 saturated heterocycles. The lowest BCUT2D eigenvalue weighted by Gasteiger charge is -2.10. The van der Waals surface area contributed by atoms with E-state index in [1.807, 2.05) is 0 Å². The van der Waals surface area contributed by atoms with Crippen molar-refractivity contribution in [2.45, 2.75) is 12.5 Å². The number of benzene rings is 1. The Hall–Kier alpha value is -2.33. The number of carbonyl (C=O) groups is 1. The molecule has 0 heterocycles. The second-order valence-electron chi connectivity index (χ2n) is 3.46. The van der Waals surface area contributed by atoms with Gasteiger partial charge in [0.05, 0.1) is 14.2 Å². The van der Waals surface area contributed by atoms with E-state index < -0.39 is 12.0 Å². The number of methoxy groups -OCH3 is 2. The van der Waals surface area contributed by atoms with Crippen molar-refractivity contribution in [3.63, 3.8) is 0 Å². The van der Waals surface area contributed by atoms with Gasteiger partial charge in [-0.2, -0.15) is 4.99 Å². The van der Waals surface area contributed by atoms with Crippen LogP contribution in [0.3, 0.4) is 0 Å². The molecular weight excluding hydrogens is 238 g/mol. The first-order chi connectivity index (χ1) is 8.62. The normalized spacial score (nSPS) is 11.2. The molecule has 1 atom stereocenters. The Morgan fingerprint density at radius 3 is 2.72 bits per heavy atom. The fourth-order valence-electron chi connectivity index (χ4n) is 1.43. The molecule has 0 fully saturated rings. The molecule has 1 N–H and O–H groups in total. The maximum atomic E-state index is 11.3. The molecule has 1 unspecified atom stereocenters. The summed E-state index contributed by atoms with van der Waals surface area (Å²) in [6.07, 6.45) is 1.37. The second-order valence-corrected chi connectivity index (χ2v) is 3.46. The highest BCUT2D eigenvalue weighted by molar-refractivity contribution is 5.77. The Bertz CT molecular complexity index is 479. The lowest BCUT2D eigenvalue weighted by atomic mass is 10.1. The average molecular weight is 251 g/mol. The van der Waals surface area contributed by atoms with Gasteiger partial charge in [-0.05, 0) is 11.6 Å². The minimum Gasteiger partial charge on any atom is -0.508 e. The Morgan fingerprint density at radius 1 is 1.50 bits per heavy atom. The summed E-state index contributed by atoms with van der Waals surface area (Å²) in [6.45, 7) is 0. The van der Waals surface area contributed by atoms with Crippen molar-refractivity contribution in [1.82, 2.24) is 0 Å². The van der Waals surface area contributed by atoms with Gasteiger partial charge in [-0.25, -0.2) is 9.59 Å². The zero-order chi connectivity index (χ0) is 13.5. The van der Waals surface area contributed by atoms with Gasteiger partial charge in [-0.1, -0.05) is 6.07 Å². The summed E-state index contributed by atoms with van der Waals surface area (Å²) in [5, 5.41) is 9.72. The maximum Gasteiger partial charge on any atom is 0.331 e. The molecule has 0 aliphatic carbocycles. The predicted molar refractivity (Wildman–Crippen MR) is 62.3 cm³/mol. The van der Waals surface area contributed by atoms with Gasteiger partial charge in [0.1, 0.15) is 11.5 Å². The minimum absolute atomic E-state index is 0.0376. The molecule has 0 saturated carbocycles. The summed E-state index contributed by atoms with van der Waals surface area (Å²) in [5.74, 6) is -0.206. The third-order valence-electron chi connectivity index (χ3n) is 2.39. The van der Waals surface area contributed by atoms with E-state index in [0.29, 0.717) is 11.3 Å². The van der Waals surface area contributed by atoms with Crippen molar-refractivity contribution in [2.24, 2.45) is 4.99 Å². The summed E-state index contributed by atoms with van der Waals surface area (Å²) in [6, 6.07) is 3.62. The number of esters is 1. The number of isocyanates is 1. The number of hydrogen-bond donors (Lipinski definition) is 1. The van der Waals surface area contributed by atoms with Gasteiger partial charge in [-0.3, -0.25) is 0 Å². The van der Waals surface area contributed by atoms with Crippen LogP contribution in [0.2, 0.25) is 0 Å². The molecule has 0 aliphatic rings. The van der Waals surface area contributed by atoms with E-state index in [0.717, 1.165) is 0 Å². The van der Waals surface area contributed by atoms with Gasteiger partial charge in [0.25, 0.3) is 0 Å². The maximum absolute atomic E-state index is 11.3. The van der Waals surface area contributed by atoms with Crippen LogP contribution in [0.1, 0.15) is 5.56 Å². The molecule has 0 aliphatic heterocycles. The number of rotatable bonds is 5. The summed E-state index contributed by atoms with van der Waals surface area (Å²) in [4.78, 5) is 24.9. The molecule has 1 aromatic rings. The van der Waals surface area contributed by atoms with Gasteiger partial charge in [0.2, 0.25) is 6.08 Å². The lowest BCUT2D eigenvalue weighted by Crippen LogP contribution is -2.22. The number of ether oxygens (including phenoxy) is 2. The Kier molecular flexibility index (Phi) is 4.90. The monoisotopic (exact) mass is 251 g/mol. The standard InChI is InChI=1S/C12H13NO5/c1-17-9-4-3-8(11(15)6-9)5-10(13-7-14)12(16)18-2/h3-4,6,10,15H,5H2,1-2H3. The van der Waals surface area contributed by atoms with E-state index in [-0.39, 0.29) is 12.2 Å². The van der Waals surface area contributed by atoms with Crippen LogP contribution in [0.5, 0.6) is 11.5 Å². The summed E-state index contributed by atoms with van der Waals surface area (Å²) in [7, 11) is 2.67. The van der Waals surface area contributed by atoms with E-state index in [1.54, 1.807) is 12.1 Å². The number of phenols is 1. The topological polar surface area (TPSA) is 85.2 Å². The lowest BCUT2D eigenvalue weighted by molar-refractivity contribution is -0.142. The second kappa shape index (κ2) is 6.42. The summed E-state index contributed by atoms with van der Waals surface area (Å²) < 4.78 is 9.44. The van der Waals surface area contributed by atoms with Gasteiger partial charge >= 0.3 is 5.97 Å². The third kappa shape index (κ3) is 3.33. The van der Waals surface area contributed by atoms with Gasteiger partial charge in [0.15, 0.2) is 6.04 Å². The van der Waals surface area contributed by atoms with Crippen LogP contribution in [0.25, 0.3) is 0 Å². The molecule has 96 valence electrons. The smallest absolute Gasteiger partial charge is 0.331 e. The first-order valence-electron chi connectivity index (χ1n) is 5.13. The molecule has 1 rings (SSSR count). The van der Waals surface area contributed by atoms with Crippen molar-refractivity contribution in [2.75, 3.05) is 14.2 Å². The SMILES string of the molecule is COC(=O)C(Cc1ccc(OC)cc1O)N=C=O. The zero-order valence-corrected chi connectivity index (χ0v) is 10.0. The number of hydrogen-bond acceptors (Lipinski definition) is 6. The van der Waals surface area contributed by atoms with Crippen LogP contribution >= 0.6 is 0 Å². The highest BCUT2D eigenvalue weighted by Crippen LogP contribution is 2.25. The van der Waals surface area contributed by atoms with Gasteiger partial charge in [0, 0.05) is 12.5 Å². The van der Waals surface area contributed by atoms with E-state index in [9.17, 15) is 14.7 Å².